The minimum absolute atomic E-state index is 0.175. The minimum atomic E-state index is -0.175. The van der Waals surface area contributed by atoms with Crippen molar-refractivity contribution in [3.63, 3.8) is 0 Å². The second kappa shape index (κ2) is 8.78. The number of fused-ring (bicyclic) bond motifs is 2. The molecule has 176 valence electrons. The van der Waals surface area contributed by atoms with Crippen LogP contribution in [0.3, 0.4) is 0 Å². The number of nitrogens with zero attached hydrogens (tertiary/aromatic N) is 4. The molecule has 6 nitrogen and oxygen atoms in total. The fraction of sp³-hybridized carbons (Fsp3) is 0.276. The molecule has 0 unspecified atom stereocenters. The summed E-state index contributed by atoms with van der Waals surface area (Å²) in [5.41, 5.74) is 7.85. The van der Waals surface area contributed by atoms with E-state index in [1.54, 1.807) is 6.21 Å². The number of imidazole rings is 1. The number of rotatable bonds is 5. The monoisotopic (exact) mass is 463 g/mol. The van der Waals surface area contributed by atoms with Crippen LogP contribution in [-0.2, 0) is 0 Å². The van der Waals surface area contributed by atoms with E-state index in [1.165, 1.54) is 31.5 Å². The smallest absolute Gasteiger partial charge is 0.277 e. The molecule has 1 N–H and O–H groups in total. The van der Waals surface area contributed by atoms with Gasteiger partial charge in [-0.15, -0.1) is 0 Å². The molecule has 1 amide bonds. The number of amides is 1. The van der Waals surface area contributed by atoms with Crippen LogP contribution in [0.15, 0.2) is 72.0 Å². The molecule has 1 saturated heterocycles. The Balaban J connectivity index is 1.22. The Bertz CT molecular complexity index is 1430. The topological polar surface area (TPSA) is 62.0 Å². The molecule has 2 aliphatic rings. The Morgan fingerprint density at radius 1 is 1.00 bits per heavy atom. The van der Waals surface area contributed by atoms with Gasteiger partial charge in [-0.3, -0.25) is 9.20 Å². The Morgan fingerprint density at radius 3 is 2.57 bits per heavy atom. The third-order valence-electron chi connectivity index (χ3n) is 7.37. The van der Waals surface area contributed by atoms with E-state index in [0.717, 1.165) is 33.8 Å². The number of carbonyl (C=O) groups excluding carboxylic acids is 1. The summed E-state index contributed by atoms with van der Waals surface area (Å²) in [6.45, 7) is 6.93. The molecule has 2 aliphatic heterocycles. The van der Waals surface area contributed by atoms with Crippen molar-refractivity contribution in [3.05, 3.63) is 83.7 Å². The van der Waals surface area contributed by atoms with E-state index in [-0.39, 0.29) is 5.91 Å². The zero-order valence-corrected chi connectivity index (χ0v) is 20.1. The van der Waals surface area contributed by atoms with Gasteiger partial charge in [0.05, 0.1) is 16.9 Å². The number of hydrogen-bond donors (Lipinski definition) is 1. The first-order valence-electron chi connectivity index (χ1n) is 12.4. The molecule has 0 radical (unpaired) electrons. The number of aromatic nitrogens is 2. The second-order valence-corrected chi connectivity index (χ2v) is 9.77. The van der Waals surface area contributed by atoms with E-state index in [0.29, 0.717) is 17.5 Å². The molecule has 0 bridgehead atoms. The van der Waals surface area contributed by atoms with Crippen LogP contribution < -0.4 is 5.32 Å². The van der Waals surface area contributed by atoms with Crippen LogP contribution in [0.2, 0.25) is 0 Å². The summed E-state index contributed by atoms with van der Waals surface area (Å²) in [4.78, 5) is 22.9. The number of hydrogen-bond acceptors (Lipinski definition) is 4. The van der Waals surface area contributed by atoms with Gasteiger partial charge in [-0.25, -0.2) is 9.98 Å². The molecule has 4 heterocycles. The van der Waals surface area contributed by atoms with Crippen molar-refractivity contribution in [2.75, 3.05) is 18.4 Å². The molecule has 0 aliphatic carbocycles. The van der Waals surface area contributed by atoms with E-state index < -0.39 is 0 Å². The number of nitrogens with one attached hydrogen (secondary N) is 1. The lowest BCUT2D eigenvalue weighted by Gasteiger charge is -2.34. The second-order valence-electron chi connectivity index (χ2n) is 9.77. The highest BCUT2D eigenvalue weighted by Crippen LogP contribution is 2.32. The van der Waals surface area contributed by atoms with E-state index >= 15 is 0 Å². The van der Waals surface area contributed by atoms with Crippen LogP contribution in [0, 0.1) is 0 Å². The highest BCUT2D eigenvalue weighted by atomic mass is 16.1. The molecule has 6 heteroatoms. The van der Waals surface area contributed by atoms with Crippen molar-refractivity contribution >= 4 is 29.1 Å². The van der Waals surface area contributed by atoms with E-state index in [9.17, 15) is 4.79 Å². The zero-order valence-electron chi connectivity index (χ0n) is 20.1. The quantitative estimate of drug-likeness (QED) is 0.400. The fourth-order valence-corrected chi connectivity index (χ4v) is 5.31. The standard InChI is InChI=1S/C29H29N5O/c1-19(2)33-14-11-21(12-15-33)20-3-6-24(7-4-20)32-26-9-10-27(34-16-13-30-28(26)34)22-5-8-25-23(17-22)18-31-29(25)35/h3-10,13,16-19,21,32H,11-12,14-15H2,1-2H3. The van der Waals surface area contributed by atoms with Gasteiger partial charge in [-0.05, 0) is 93.2 Å². The fourth-order valence-electron chi connectivity index (χ4n) is 5.31. The van der Waals surface area contributed by atoms with Gasteiger partial charge in [0.15, 0.2) is 5.65 Å². The summed E-state index contributed by atoms with van der Waals surface area (Å²) in [6, 6.07) is 19.5. The van der Waals surface area contributed by atoms with Crippen LogP contribution in [0.25, 0.3) is 16.9 Å². The molecule has 0 spiro atoms. The lowest BCUT2D eigenvalue weighted by Crippen LogP contribution is -2.37. The first-order chi connectivity index (χ1) is 17.1. The third kappa shape index (κ3) is 4.04. The average Bonchev–Trinajstić information content (AvgIpc) is 3.52. The van der Waals surface area contributed by atoms with Gasteiger partial charge in [-0.2, -0.15) is 0 Å². The molecule has 1 fully saturated rings. The number of carbonyl (C=O) groups is 1. The predicted octanol–water partition coefficient (Wildman–Crippen LogP) is 5.91. The molecule has 6 rings (SSSR count). The lowest BCUT2D eigenvalue weighted by molar-refractivity contribution is 0.101. The first kappa shape index (κ1) is 21.7. The van der Waals surface area contributed by atoms with Crippen LogP contribution in [0.4, 0.5) is 11.4 Å². The Hall–Kier alpha value is -3.77. The van der Waals surface area contributed by atoms with Gasteiger partial charge >= 0.3 is 0 Å². The summed E-state index contributed by atoms with van der Waals surface area (Å²) in [7, 11) is 0. The maximum absolute atomic E-state index is 11.8. The normalized spacial score (nSPS) is 16.4. The molecule has 4 aromatic rings. The summed E-state index contributed by atoms with van der Waals surface area (Å²) < 4.78 is 2.08. The maximum atomic E-state index is 11.8. The van der Waals surface area contributed by atoms with Crippen molar-refractivity contribution < 1.29 is 4.79 Å². The van der Waals surface area contributed by atoms with Crippen molar-refractivity contribution in [2.45, 2.75) is 38.6 Å². The van der Waals surface area contributed by atoms with E-state index in [1.807, 2.05) is 30.6 Å². The van der Waals surface area contributed by atoms with Crippen LogP contribution in [-0.4, -0.2) is 45.5 Å². The molecule has 0 saturated carbocycles. The van der Waals surface area contributed by atoms with Gasteiger partial charge in [0, 0.05) is 35.9 Å². The predicted molar refractivity (Wildman–Crippen MR) is 141 cm³/mol. The summed E-state index contributed by atoms with van der Waals surface area (Å²) in [5.74, 6) is 0.468. The SMILES string of the molecule is CC(C)N1CCC(c2ccc(Nc3ccc(-c4ccc5c(c4)C=NC5=O)n4ccnc34)cc2)CC1. The van der Waals surface area contributed by atoms with Crippen molar-refractivity contribution in [2.24, 2.45) is 4.99 Å². The van der Waals surface area contributed by atoms with Gasteiger partial charge in [-0.1, -0.05) is 18.2 Å². The van der Waals surface area contributed by atoms with Gasteiger partial charge in [0.2, 0.25) is 0 Å². The Labute approximate surface area is 205 Å². The number of piperidine rings is 1. The molecular formula is C29H29N5O. The molecule has 0 atom stereocenters. The number of anilines is 2. The number of likely N-dealkylation sites (tertiary alicyclic amines) is 1. The van der Waals surface area contributed by atoms with Gasteiger partial charge in [0.1, 0.15) is 0 Å². The average molecular weight is 464 g/mol. The Kier molecular flexibility index (Phi) is 5.46. The van der Waals surface area contributed by atoms with E-state index in [2.05, 4.69) is 74.8 Å². The van der Waals surface area contributed by atoms with Gasteiger partial charge < -0.3 is 10.2 Å². The largest absolute Gasteiger partial charge is 0.352 e. The van der Waals surface area contributed by atoms with E-state index in [4.69, 9.17) is 0 Å². The number of benzene rings is 2. The molecule has 2 aromatic carbocycles. The first-order valence-corrected chi connectivity index (χ1v) is 12.4. The number of pyridine rings is 1. The molecule has 2 aromatic heterocycles. The highest BCUT2D eigenvalue weighted by molar-refractivity contribution is 6.13. The van der Waals surface area contributed by atoms with Crippen LogP contribution in [0.5, 0.6) is 0 Å². The van der Waals surface area contributed by atoms with Crippen molar-refractivity contribution in [1.29, 1.82) is 0 Å². The summed E-state index contributed by atoms with van der Waals surface area (Å²) in [6.07, 6.45) is 7.87. The minimum Gasteiger partial charge on any atom is -0.352 e. The highest BCUT2D eigenvalue weighted by Gasteiger charge is 2.22. The number of aliphatic imine (C=N–C) groups is 1. The summed E-state index contributed by atoms with van der Waals surface area (Å²) in [5, 5.41) is 3.55. The maximum Gasteiger partial charge on any atom is 0.277 e. The summed E-state index contributed by atoms with van der Waals surface area (Å²) >= 11 is 0. The van der Waals surface area contributed by atoms with Gasteiger partial charge in [0.25, 0.3) is 5.91 Å². The Morgan fingerprint density at radius 2 is 1.80 bits per heavy atom. The zero-order chi connectivity index (χ0) is 23.9. The third-order valence-corrected chi connectivity index (χ3v) is 7.37. The van der Waals surface area contributed by atoms with Crippen LogP contribution >= 0.6 is 0 Å². The van der Waals surface area contributed by atoms with Crippen LogP contribution in [0.1, 0.15) is 54.1 Å². The van der Waals surface area contributed by atoms with Crippen molar-refractivity contribution in [3.8, 4) is 11.3 Å². The molecular weight excluding hydrogens is 434 g/mol. The van der Waals surface area contributed by atoms with Crippen molar-refractivity contribution in [1.82, 2.24) is 14.3 Å². The lowest BCUT2D eigenvalue weighted by atomic mass is 9.89. The molecule has 35 heavy (non-hydrogen) atoms.